The fraction of sp³-hybridized carbons (Fsp3) is 0.643. The van der Waals surface area contributed by atoms with Gasteiger partial charge in [0, 0.05) is 32.1 Å². The number of piperidine rings is 1. The number of nitrogen functional groups attached to an aromatic ring is 1. The van der Waals surface area contributed by atoms with Crippen LogP contribution in [0.4, 0.5) is 5.69 Å². The maximum atomic E-state index is 12.5. The van der Waals surface area contributed by atoms with Crippen molar-refractivity contribution in [3.05, 3.63) is 11.9 Å². The van der Waals surface area contributed by atoms with E-state index in [2.05, 4.69) is 10.4 Å². The zero-order valence-electron chi connectivity index (χ0n) is 12.6. The second-order valence-corrected chi connectivity index (χ2v) is 5.25. The zero-order valence-corrected chi connectivity index (χ0v) is 12.6. The maximum Gasteiger partial charge on any atom is 0.274 e. The first-order chi connectivity index (χ1) is 10.1. The van der Waals surface area contributed by atoms with E-state index in [1.807, 2.05) is 13.8 Å². The van der Waals surface area contributed by atoms with Crippen LogP contribution in [0.15, 0.2) is 6.20 Å². The summed E-state index contributed by atoms with van der Waals surface area (Å²) in [4.78, 5) is 25.7. The minimum absolute atomic E-state index is 0.0630. The Balaban J connectivity index is 1.97. The predicted octanol–water partition coefficient (Wildman–Crippen LogP) is 0.616. The highest BCUT2D eigenvalue weighted by atomic mass is 16.2. The highest BCUT2D eigenvalue weighted by Gasteiger charge is 2.27. The summed E-state index contributed by atoms with van der Waals surface area (Å²) in [6, 6.07) is 0.162. The lowest BCUT2D eigenvalue weighted by Crippen LogP contribution is -2.46. The number of nitrogens with one attached hydrogen (secondary N) is 1. The van der Waals surface area contributed by atoms with E-state index in [-0.39, 0.29) is 17.9 Å². The zero-order chi connectivity index (χ0) is 15.4. The van der Waals surface area contributed by atoms with Gasteiger partial charge in [0.05, 0.1) is 11.9 Å². The predicted molar refractivity (Wildman–Crippen MR) is 79.7 cm³/mol. The van der Waals surface area contributed by atoms with Crippen LogP contribution >= 0.6 is 0 Å². The molecule has 0 bridgehead atoms. The summed E-state index contributed by atoms with van der Waals surface area (Å²) in [5.74, 6) is -0.0137. The molecule has 1 aliphatic heterocycles. The van der Waals surface area contributed by atoms with Crippen LogP contribution in [0.5, 0.6) is 0 Å². The summed E-state index contributed by atoms with van der Waals surface area (Å²) in [5, 5.41) is 7.08. The molecule has 1 saturated heterocycles. The standard InChI is InChI=1S/C14H23N5O2/c1-3-12(20)17-10-5-7-18(8-6-10)14(21)13-11(15)9-16-19(13)4-2/h9-10H,3-8,15H2,1-2H3,(H,17,20). The summed E-state index contributed by atoms with van der Waals surface area (Å²) >= 11 is 0. The van der Waals surface area contributed by atoms with Gasteiger partial charge in [-0.2, -0.15) is 5.10 Å². The lowest BCUT2D eigenvalue weighted by atomic mass is 10.0. The number of likely N-dealkylation sites (tertiary alicyclic amines) is 1. The van der Waals surface area contributed by atoms with Crippen molar-refractivity contribution in [2.45, 2.75) is 45.7 Å². The first-order valence-electron chi connectivity index (χ1n) is 7.46. The minimum atomic E-state index is -0.0767. The van der Waals surface area contributed by atoms with Crippen molar-refractivity contribution >= 4 is 17.5 Å². The monoisotopic (exact) mass is 293 g/mol. The normalized spacial score (nSPS) is 16.0. The quantitative estimate of drug-likeness (QED) is 0.851. The molecule has 1 aromatic rings. The molecule has 0 aliphatic carbocycles. The Labute approximate surface area is 124 Å². The molecular weight excluding hydrogens is 270 g/mol. The summed E-state index contributed by atoms with van der Waals surface area (Å²) < 4.78 is 1.63. The molecule has 7 nitrogen and oxygen atoms in total. The Morgan fingerprint density at radius 1 is 1.38 bits per heavy atom. The number of aromatic nitrogens is 2. The molecule has 0 radical (unpaired) electrons. The number of carbonyl (C=O) groups is 2. The summed E-state index contributed by atoms with van der Waals surface area (Å²) in [6.07, 6.45) is 3.56. The van der Waals surface area contributed by atoms with Gasteiger partial charge in [0.1, 0.15) is 5.69 Å². The van der Waals surface area contributed by atoms with Gasteiger partial charge < -0.3 is 16.0 Å². The van der Waals surface area contributed by atoms with Crippen molar-refractivity contribution in [3.63, 3.8) is 0 Å². The van der Waals surface area contributed by atoms with Crippen LogP contribution in [-0.2, 0) is 11.3 Å². The van der Waals surface area contributed by atoms with Gasteiger partial charge >= 0.3 is 0 Å². The molecule has 0 aromatic carbocycles. The number of amides is 2. The molecular formula is C14H23N5O2. The fourth-order valence-electron chi connectivity index (χ4n) is 2.58. The second-order valence-electron chi connectivity index (χ2n) is 5.25. The van der Waals surface area contributed by atoms with Crippen molar-refractivity contribution in [2.24, 2.45) is 0 Å². The SMILES string of the molecule is CCC(=O)NC1CCN(C(=O)c2c(N)cnn2CC)CC1. The molecule has 1 aliphatic rings. The molecule has 0 saturated carbocycles. The Bertz CT molecular complexity index is 517. The smallest absolute Gasteiger partial charge is 0.274 e. The van der Waals surface area contributed by atoms with Crippen LogP contribution in [-0.4, -0.2) is 45.6 Å². The number of hydrogen-bond acceptors (Lipinski definition) is 4. The Morgan fingerprint density at radius 2 is 2.05 bits per heavy atom. The molecule has 21 heavy (non-hydrogen) atoms. The van der Waals surface area contributed by atoms with E-state index >= 15 is 0 Å². The molecule has 3 N–H and O–H groups in total. The highest BCUT2D eigenvalue weighted by molar-refractivity contribution is 5.97. The van der Waals surface area contributed by atoms with Crippen LogP contribution < -0.4 is 11.1 Å². The largest absolute Gasteiger partial charge is 0.396 e. The number of anilines is 1. The lowest BCUT2D eigenvalue weighted by Gasteiger charge is -2.32. The molecule has 0 unspecified atom stereocenters. The van der Waals surface area contributed by atoms with Crippen molar-refractivity contribution in [1.82, 2.24) is 20.0 Å². The maximum absolute atomic E-state index is 12.5. The summed E-state index contributed by atoms with van der Waals surface area (Å²) in [6.45, 7) is 5.63. The van der Waals surface area contributed by atoms with E-state index < -0.39 is 0 Å². The van der Waals surface area contributed by atoms with E-state index in [1.54, 1.807) is 9.58 Å². The van der Waals surface area contributed by atoms with Crippen LogP contribution in [0, 0.1) is 0 Å². The molecule has 2 rings (SSSR count). The van der Waals surface area contributed by atoms with E-state index in [0.717, 1.165) is 12.8 Å². The van der Waals surface area contributed by atoms with Gasteiger partial charge in [-0.3, -0.25) is 14.3 Å². The van der Waals surface area contributed by atoms with E-state index in [9.17, 15) is 9.59 Å². The molecule has 2 heterocycles. The van der Waals surface area contributed by atoms with Gasteiger partial charge in [0.15, 0.2) is 0 Å². The Kier molecular flexibility index (Phi) is 4.82. The number of rotatable bonds is 4. The molecule has 0 spiro atoms. The third-order valence-corrected chi connectivity index (χ3v) is 3.84. The first-order valence-corrected chi connectivity index (χ1v) is 7.46. The average molecular weight is 293 g/mol. The minimum Gasteiger partial charge on any atom is -0.396 e. The van der Waals surface area contributed by atoms with Crippen molar-refractivity contribution in [3.8, 4) is 0 Å². The summed E-state index contributed by atoms with van der Waals surface area (Å²) in [5.41, 5.74) is 6.73. The summed E-state index contributed by atoms with van der Waals surface area (Å²) in [7, 11) is 0. The van der Waals surface area contributed by atoms with E-state index in [1.165, 1.54) is 6.20 Å². The van der Waals surface area contributed by atoms with Gasteiger partial charge in [0.25, 0.3) is 5.91 Å². The second kappa shape index (κ2) is 6.60. The first kappa shape index (κ1) is 15.3. The number of aryl methyl sites for hydroxylation is 1. The third kappa shape index (κ3) is 3.34. The van der Waals surface area contributed by atoms with Crippen LogP contribution in [0.1, 0.15) is 43.6 Å². The number of carbonyl (C=O) groups excluding carboxylic acids is 2. The van der Waals surface area contributed by atoms with Crippen molar-refractivity contribution in [1.29, 1.82) is 0 Å². The average Bonchev–Trinajstić information content (AvgIpc) is 2.88. The molecule has 1 aromatic heterocycles. The highest BCUT2D eigenvalue weighted by Crippen LogP contribution is 2.18. The van der Waals surface area contributed by atoms with Crippen LogP contribution in [0.2, 0.25) is 0 Å². The number of hydrogen-bond donors (Lipinski definition) is 2. The van der Waals surface area contributed by atoms with Crippen LogP contribution in [0.25, 0.3) is 0 Å². The van der Waals surface area contributed by atoms with E-state index in [4.69, 9.17) is 5.73 Å². The van der Waals surface area contributed by atoms with Gasteiger partial charge in [-0.05, 0) is 19.8 Å². The third-order valence-electron chi connectivity index (χ3n) is 3.84. The fourth-order valence-corrected chi connectivity index (χ4v) is 2.58. The lowest BCUT2D eigenvalue weighted by molar-refractivity contribution is -0.121. The Hall–Kier alpha value is -2.05. The van der Waals surface area contributed by atoms with Crippen molar-refractivity contribution in [2.75, 3.05) is 18.8 Å². The molecule has 1 fully saturated rings. The van der Waals surface area contributed by atoms with Gasteiger partial charge in [0.2, 0.25) is 5.91 Å². The van der Waals surface area contributed by atoms with Crippen molar-refractivity contribution < 1.29 is 9.59 Å². The Morgan fingerprint density at radius 3 is 2.62 bits per heavy atom. The van der Waals surface area contributed by atoms with Gasteiger partial charge in [-0.15, -0.1) is 0 Å². The van der Waals surface area contributed by atoms with E-state index in [0.29, 0.717) is 37.4 Å². The number of nitrogens with zero attached hydrogens (tertiary/aromatic N) is 3. The number of nitrogens with two attached hydrogens (primary N) is 1. The van der Waals surface area contributed by atoms with Gasteiger partial charge in [-0.1, -0.05) is 6.92 Å². The topological polar surface area (TPSA) is 93.2 Å². The molecule has 2 amide bonds. The van der Waals surface area contributed by atoms with Crippen LogP contribution in [0.3, 0.4) is 0 Å². The molecule has 116 valence electrons. The molecule has 0 atom stereocenters. The van der Waals surface area contributed by atoms with Gasteiger partial charge in [-0.25, -0.2) is 0 Å². The molecule has 7 heteroatoms.